The molecule has 2 saturated carbocycles. The third kappa shape index (κ3) is 1.23. The molecular formula is C14H13IO2. The van der Waals surface area contributed by atoms with Gasteiger partial charge < -0.3 is 4.74 Å². The highest BCUT2D eigenvalue weighted by molar-refractivity contribution is 14.1. The van der Waals surface area contributed by atoms with Gasteiger partial charge >= 0.3 is 5.97 Å². The fourth-order valence-electron chi connectivity index (χ4n) is 4.10. The largest absolute Gasteiger partial charge is 0.461 e. The highest BCUT2D eigenvalue weighted by Crippen LogP contribution is 2.63. The Hall–Kier alpha value is -0.580. The van der Waals surface area contributed by atoms with Crippen LogP contribution in [0.3, 0.4) is 0 Å². The minimum atomic E-state index is 0.0514. The quantitative estimate of drug-likeness (QED) is 0.446. The van der Waals surface area contributed by atoms with E-state index in [4.69, 9.17) is 4.74 Å². The summed E-state index contributed by atoms with van der Waals surface area (Å²) in [5.41, 5.74) is 1.32. The molecule has 2 nitrogen and oxygen atoms in total. The molecule has 88 valence electrons. The summed E-state index contributed by atoms with van der Waals surface area (Å²) in [5, 5.41) is 0. The second-order valence-corrected chi connectivity index (χ2v) is 6.81. The van der Waals surface area contributed by atoms with E-state index in [0.29, 0.717) is 21.7 Å². The van der Waals surface area contributed by atoms with Crippen molar-refractivity contribution in [2.24, 2.45) is 17.8 Å². The minimum Gasteiger partial charge on any atom is -0.461 e. The van der Waals surface area contributed by atoms with Crippen LogP contribution in [0.5, 0.6) is 0 Å². The van der Waals surface area contributed by atoms with Crippen LogP contribution in [0.1, 0.15) is 17.9 Å². The average Bonchev–Trinajstić information content (AvgIpc) is 2.94. The van der Waals surface area contributed by atoms with E-state index in [1.807, 2.05) is 6.07 Å². The number of carbonyl (C=O) groups is 1. The van der Waals surface area contributed by atoms with Crippen LogP contribution in [0.25, 0.3) is 0 Å². The third-order valence-corrected chi connectivity index (χ3v) is 6.34. The van der Waals surface area contributed by atoms with Gasteiger partial charge in [-0.3, -0.25) is 4.79 Å². The van der Waals surface area contributed by atoms with Crippen molar-refractivity contribution >= 4 is 28.6 Å². The van der Waals surface area contributed by atoms with E-state index in [9.17, 15) is 4.79 Å². The lowest BCUT2D eigenvalue weighted by Gasteiger charge is -2.28. The van der Waals surface area contributed by atoms with Crippen molar-refractivity contribution in [2.75, 3.05) is 0 Å². The summed E-state index contributed by atoms with van der Waals surface area (Å²) in [7, 11) is 0. The van der Waals surface area contributed by atoms with Crippen LogP contribution >= 0.6 is 22.6 Å². The molecule has 0 radical (unpaired) electrons. The monoisotopic (exact) mass is 340 g/mol. The van der Waals surface area contributed by atoms with E-state index < -0.39 is 0 Å². The number of esters is 1. The third-order valence-electron chi connectivity index (χ3n) is 4.71. The maximum Gasteiger partial charge on any atom is 0.310 e. The van der Waals surface area contributed by atoms with Gasteiger partial charge in [-0.2, -0.15) is 0 Å². The minimum absolute atomic E-state index is 0.0514. The first kappa shape index (κ1) is 10.4. The number of fused-ring (bicyclic) bond motifs is 1. The van der Waals surface area contributed by atoms with Gasteiger partial charge in [-0.1, -0.05) is 52.9 Å². The van der Waals surface area contributed by atoms with Crippen molar-refractivity contribution in [3.63, 3.8) is 0 Å². The van der Waals surface area contributed by atoms with Crippen molar-refractivity contribution in [1.29, 1.82) is 0 Å². The zero-order valence-corrected chi connectivity index (χ0v) is 11.4. The van der Waals surface area contributed by atoms with Crippen molar-refractivity contribution in [3.05, 3.63) is 35.9 Å². The number of carbonyl (C=O) groups excluding carboxylic acids is 1. The molecule has 1 aromatic rings. The SMILES string of the molecule is O=C1OC2[C@@H](I)C3C[C@H]2[C@H]1[C@H]3c1ccccc1. The fourth-order valence-corrected chi connectivity index (χ4v) is 5.52. The van der Waals surface area contributed by atoms with Crippen LogP contribution in [0, 0.1) is 17.8 Å². The Morgan fingerprint density at radius 3 is 2.65 bits per heavy atom. The zero-order chi connectivity index (χ0) is 11.6. The maximum absolute atomic E-state index is 12.0. The maximum atomic E-state index is 12.0. The van der Waals surface area contributed by atoms with Gasteiger partial charge in [0.25, 0.3) is 0 Å². The van der Waals surface area contributed by atoms with Crippen LogP contribution in [-0.4, -0.2) is 16.0 Å². The molecule has 4 rings (SSSR count). The second kappa shape index (κ2) is 3.46. The number of benzene rings is 1. The molecule has 1 saturated heterocycles. The summed E-state index contributed by atoms with van der Waals surface area (Å²) in [4.78, 5) is 12.0. The standard InChI is InChI=1S/C14H13IO2/c15-12-8-6-9-11(14(16)17-13(9)12)10(8)7-4-2-1-3-5-7/h1-5,8-13H,6H2/t8?,9-,10-,11-,12-,13?/m0/s1. The molecule has 6 atom stereocenters. The first-order valence-electron chi connectivity index (χ1n) is 6.17. The first-order chi connectivity index (χ1) is 8.27. The summed E-state index contributed by atoms with van der Waals surface area (Å²) in [6, 6.07) is 10.5. The smallest absolute Gasteiger partial charge is 0.310 e. The van der Waals surface area contributed by atoms with Crippen molar-refractivity contribution in [3.8, 4) is 0 Å². The topological polar surface area (TPSA) is 26.3 Å². The summed E-state index contributed by atoms with van der Waals surface area (Å²) in [6.45, 7) is 0. The van der Waals surface area contributed by atoms with E-state index in [-0.39, 0.29) is 18.0 Å². The van der Waals surface area contributed by atoms with E-state index in [1.165, 1.54) is 12.0 Å². The summed E-state index contributed by atoms with van der Waals surface area (Å²) >= 11 is 2.49. The summed E-state index contributed by atoms with van der Waals surface area (Å²) in [6.07, 6.45) is 1.38. The Morgan fingerprint density at radius 1 is 1.12 bits per heavy atom. The molecule has 1 aliphatic heterocycles. The predicted molar refractivity (Wildman–Crippen MR) is 72.0 cm³/mol. The highest BCUT2D eigenvalue weighted by Gasteiger charge is 2.65. The van der Waals surface area contributed by atoms with Crippen LogP contribution in [0.2, 0.25) is 0 Å². The molecule has 17 heavy (non-hydrogen) atoms. The zero-order valence-electron chi connectivity index (χ0n) is 9.25. The lowest BCUT2D eigenvalue weighted by molar-refractivity contribution is -0.143. The van der Waals surface area contributed by atoms with E-state index >= 15 is 0 Å². The average molecular weight is 340 g/mol. The molecular weight excluding hydrogens is 327 g/mol. The Morgan fingerprint density at radius 2 is 1.88 bits per heavy atom. The Labute approximate surface area is 114 Å². The molecule has 2 unspecified atom stereocenters. The molecule has 0 N–H and O–H groups in total. The van der Waals surface area contributed by atoms with Crippen LogP contribution < -0.4 is 0 Å². The van der Waals surface area contributed by atoms with Crippen LogP contribution in [0.4, 0.5) is 0 Å². The summed E-state index contributed by atoms with van der Waals surface area (Å²) < 4.78 is 6.06. The van der Waals surface area contributed by atoms with Gasteiger partial charge in [0.1, 0.15) is 6.10 Å². The number of rotatable bonds is 1. The molecule has 2 aliphatic carbocycles. The van der Waals surface area contributed by atoms with Gasteiger partial charge in [0.05, 0.1) is 9.84 Å². The highest BCUT2D eigenvalue weighted by atomic mass is 127. The number of halogens is 1. The molecule has 3 fully saturated rings. The molecule has 1 aromatic carbocycles. The Bertz CT molecular complexity index is 472. The molecule has 0 amide bonds. The lowest BCUT2D eigenvalue weighted by Crippen LogP contribution is -2.32. The van der Waals surface area contributed by atoms with E-state index in [2.05, 4.69) is 46.9 Å². The van der Waals surface area contributed by atoms with Gasteiger partial charge in [-0.15, -0.1) is 0 Å². The predicted octanol–water partition coefficient (Wildman–Crippen LogP) is 2.77. The van der Waals surface area contributed by atoms with Gasteiger partial charge in [-0.25, -0.2) is 0 Å². The van der Waals surface area contributed by atoms with Gasteiger partial charge in [-0.05, 0) is 17.9 Å². The molecule has 1 heterocycles. The molecule has 3 heteroatoms. The van der Waals surface area contributed by atoms with Gasteiger partial charge in [0, 0.05) is 11.8 Å². The Balaban J connectivity index is 1.80. The molecule has 0 spiro atoms. The Kier molecular flexibility index (Phi) is 2.11. The number of ether oxygens (including phenoxy) is 1. The fraction of sp³-hybridized carbons (Fsp3) is 0.500. The van der Waals surface area contributed by atoms with Crippen molar-refractivity contribution < 1.29 is 9.53 Å². The van der Waals surface area contributed by atoms with Gasteiger partial charge in [0.2, 0.25) is 0 Å². The number of alkyl halides is 1. The molecule has 2 bridgehead atoms. The van der Waals surface area contributed by atoms with E-state index in [1.54, 1.807) is 0 Å². The van der Waals surface area contributed by atoms with E-state index in [0.717, 1.165) is 0 Å². The van der Waals surface area contributed by atoms with Crippen LogP contribution in [0.15, 0.2) is 30.3 Å². The van der Waals surface area contributed by atoms with Crippen LogP contribution in [-0.2, 0) is 9.53 Å². The molecule has 0 aromatic heterocycles. The van der Waals surface area contributed by atoms with Crippen molar-refractivity contribution in [2.45, 2.75) is 22.4 Å². The van der Waals surface area contributed by atoms with Crippen molar-refractivity contribution in [1.82, 2.24) is 0 Å². The first-order valence-corrected chi connectivity index (χ1v) is 7.41. The normalized spacial score (nSPS) is 46.3. The number of hydrogen-bond acceptors (Lipinski definition) is 2. The second-order valence-electron chi connectivity index (χ2n) is 5.37. The number of hydrogen-bond donors (Lipinski definition) is 0. The lowest BCUT2D eigenvalue weighted by atomic mass is 9.76. The van der Waals surface area contributed by atoms with Gasteiger partial charge in [0.15, 0.2) is 0 Å². The summed E-state index contributed by atoms with van der Waals surface area (Å²) in [5.74, 6) is 1.70. The molecule has 3 aliphatic rings.